The molecule has 9 nitrogen and oxygen atoms in total. The van der Waals surface area contributed by atoms with Gasteiger partial charge in [0.25, 0.3) is 0 Å². The maximum Gasteiger partial charge on any atom is 0.631 e. The van der Waals surface area contributed by atoms with Crippen molar-refractivity contribution in [3.63, 3.8) is 0 Å². The predicted octanol–water partition coefficient (Wildman–Crippen LogP) is -4.20. The lowest BCUT2D eigenvalue weighted by molar-refractivity contribution is 0.202. The van der Waals surface area contributed by atoms with Gasteiger partial charge in [-0.15, -0.1) is 0 Å². The lowest BCUT2D eigenvalue weighted by Crippen LogP contribution is -2.11. The monoisotopic (exact) mass is 245 g/mol. The van der Waals surface area contributed by atoms with Gasteiger partial charge in [0.15, 0.2) is 0 Å². The Morgan fingerprint density at radius 2 is 0.688 bits per heavy atom. The van der Waals surface area contributed by atoms with Gasteiger partial charge in [0.05, 0.1) is 18.7 Å². The van der Waals surface area contributed by atoms with Gasteiger partial charge in [-0.05, 0) is 20.8 Å². The molecule has 0 fully saturated rings. The van der Waals surface area contributed by atoms with Crippen LogP contribution in [0.15, 0.2) is 0 Å². The van der Waals surface area contributed by atoms with E-state index in [0.29, 0.717) is 0 Å². The van der Waals surface area contributed by atoms with Crippen molar-refractivity contribution in [2.45, 2.75) is 39.5 Å². The first-order valence-corrected chi connectivity index (χ1v) is 4.28. The minimum absolute atomic E-state index is 0.667. The Kier molecular flexibility index (Phi) is 31.2. The smallest absolute Gasteiger partial charge is 0.402 e. The molecule has 0 radical (unpaired) electrons. The molecule has 10 heteroatoms. The Morgan fingerprint density at radius 1 is 0.688 bits per heavy atom. The molecule has 0 amide bonds. The zero-order valence-electron chi connectivity index (χ0n) is 9.72. The van der Waals surface area contributed by atoms with Crippen LogP contribution in [0.1, 0.15) is 20.8 Å². The Hall–Kier alpha value is -0.295. The molecule has 0 bridgehead atoms. The largest absolute Gasteiger partial charge is 0.631 e. The first kappa shape index (κ1) is 24.8. The second-order valence-corrected chi connectivity index (χ2v) is 2.57. The molecule has 0 aromatic heterocycles. The number of hydrogen-bond acceptors (Lipinski definition) is 9. The third-order valence-corrected chi connectivity index (χ3v) is 0. The van der Waals surface area contributed by atoms with Gasteiger partial charge in [-0.1, -0.05) is 0 Å². The molecule has 0 aliphatic rings. The maximum absolute atomic E-state index is 7.83. The standard InChI is InChI=1S/3C2H7NO.BH3O3/c3*1-2(3)4;2-1(3)4/h3*2,4H,3H2,1H3;2-4H. The van der Waals surface area contributed by atoms with Crippen LogP contribution in [0.3, 0.4) is 0 Å². The zero-order chi connectivity index (χ0) is 14.3. The topological polar surface area (TPSA) is 199 Å². The maximum atomic E-state index is 7.83. The van der Waals surface area contributed by atoms with Crippen molar-refractivity contribution in [2.75, 3.05) is 0 Å². The molecule has 16 heavy (non-hydrogen) atoms. The normalized spacial score (nSPS) is 13.5. The van der Waals surface area contributed by atoms with Crippen LogP contribution in [0.25, 0.3) is 0 Å². The summed E-state index contributed by atoms with van der Waals surface area (Å²) in [6, 6.07) is 0. The molecule has 0 rings (SSSR count). The van der Waals surface area contributed by atoms with Crippen molar-refractivity contribution in [3.05, 3.63) is 0 Å². The fourth-order valence-electron chi connectivity index (χ4n) is 0. The second-order valence-electron chi connectivity index (χ2n) is 2.57. The Morgan fingerprint density at radius 3 is 0.688 bits per heavy atom. The summed E-state index contributed by atoms with van der Waals surface area (Å²) in [5, 5.41) is 45.0. The molecule has 0 aromatic rings. The van der Waals surface area contributed by atoms with Crippen LogP contribution in [0.4, 0.5) is 0 Å². The highest BCUT2D eigenvalue weighted by atomic mass is 16.5. The van der Waals surface area contributed by atoms with E-state index in [-0.39, 0.29) is 0 Å². The fraction of sp³-hybridized carbons (Fsp3) is 1.00. The predicted molar refractivity (Wildman–Crippen MR) is 60.0 cm³/mol. The molecule has 0 aliphatic heterocycles. The van der Waals surface area contributed by atoms with E-state index in [1.165, 1.54) is 20.8 Å². The molecule has 0 saturated heterocycles. The first-order valence-electron chi connectivity index (χ1n) is 4.28. The summed E-state index contributed by atoms with van der Waals surface area (Å²) in [5.41, 5.74) is 14.0. The van der Waals surface area contributed by atoms with Crippen molar-refractivity contribution >= 4 is 7.32 Å². The quantitative estimate of drug-likeness (QED) is 0.150. The Bertz CT molecular complexity index is 71.2. The summed E-state index contributed by atoms with van der Waals surface area (Å²) in [6.07, 6.45) is -2.00. The number of hydrogen-bond donors (Lipinski definition) is 9. The molecule has 0 aliphatic carbocycles. The third-order valence-electron chi connectivity index (χ3n) is 0. The number of aliphatic hydroxyl groups excluding tert-OH is 3. The van der Waals surface area contributed by atoms with Crippen molar-refractivity contribution < 1.29 is 30.4 Å². The van der Waals surface area contributed by atoms with Gasteiger partial charge >= 0.3 is 7.32 Å². The van der Waals surface area contributed by atoms with E-state index < -0.39 is 26.0 Å². The lowest BCUT2D eigenvalue weighted by atomic mass is 10.3. The van der Waals surface area contributed by atoms with Crippen LogP contribution < -0.4 is 17.2 Å². The number of aliphatic hydroxyl groups is 3. The molecular formula is C6H24BN3O6. The van der Waals surface area contributed by atoms with Crippen molar-refractivity contribution in [1.82, 2.24) is 0 Å². The van der Waals surface area contributed by atoms with E-state index in [4.69, 9.17) is 30.4 Å². The van der Waals surface area contributed by atoms with Crippen LogP contribution in [-0.4, -0.2) is 56.4 Å². The first-order chi connectivity index (χ1) is 6.93. The van der Waals surface area contributed by atoms with Crippen LogP contribution in [0.2, 0.25) is 0 Å². The van der Waals surface area contributed by atoms with E-state index >= 15 is 0 Å². The zero-order valence-corrected chi connectivity index (χ0v) is 9.72. The summed E-state index contributed by atoms with van der Waals surface area (Å²) < 4.78 is 0. The summed E-state index contributed by atoms with van der Waals surface area (Å²) in [5.74, 6) is 0. The van der Waals surface area contributed by atoms with Gasteiger partial charge in [0.2, 0.25) is 0 Å². The SMILES string of the molecule is CC(N)O.CC(N)O.CC(N)O.OB(O)O. The highest BCUT2D eigenvalue weighted by molar-refractivity contribution is 6.30. The molecular weight excluding hydrogens is 221 g/mol. The molecule has 0 spiro atoms. The van der Waals surface area contributed by atoms with Crippen molar-refractivity contribution in [3.8, 4) is 0 Å². The van der Waals surface area contributed by atoms with Crippen molar-refractivity contribution in [2.24, 2.45) is 17.2 Å². The summed E-state index contributed by atoms with van der Waals surface area (Å²) >= 11 is 0. The third kappa shape index (κ3) is 25400. The van der Waals surface area contributed by atoms with Gasteiger partial charge in [-0.25, -0.2) is 0 Å². The van der Waals surface area contributed by atoms with Crippen LogP contribution in [0.5, 0.6) is 0 Å². The summed E-state index contributed by atoms with van der Waals surface area (Å²) in [7, 11) is -2.17. The minimum Gasteiger partial charge on any atom is -0.402 e. The lowest BCUT2D eigenvalue weighted by Gasteiger charge is -1.82. The summed E-state index contributed by atoms with van der Waals surface area (Å²) in [4.78, 5) is 0. The molecule has 0 heterocycles. The van der Waals surface area contributed by atoms with Crippen molar-refractivity contribution in [1.29, 1.82) is 0 Å². The molecule has 3 unspecified atom stereocenters. The minimum atomic E-state index is -2.17. The van der Waals surface area contributed by atoms with Crippen LogP contribution >= 0.6 is 0 Å². The second kappa shape index (κ2) is 20.2. The average molecular weight is 245 g/mol. The van der Waals surface area contributed by atoms with Crippen LogP contribution in [-0.2, 0) is 0 Å². The van der Waals surface area contributed by atoms with E-state index in [9.17, 15) is 0 Å². The van der Waals surface area contributed by atoms with Gasteiger partial charge in [-0.2, -0.15) is 0 Å². The fourth-order valence-corrected chi connectivity index (χ4v) is 0. The molecule has 3 atom stereocenters. The Balaban J connectivity index is -0.0000000600. The van der Waals surface area contributed by atoms with Gasteiger partial charge in [0.1, 0.15) is 0 Å². The molecule has 0 aromatic carbocycles. The highest BCUT2D eigenvalue weighted by Gasteiger charge is 1.92. The van der Waals surface area contributed by atoms with E-state index in [1.54, 1.807) is 0 Å². The van der Waals surface area contributed by atoms with Gasteiger partial charge in [0, 0.05) is 0 Å². The van der Waals surface area contributed by atoms with E-state index in [2.05, 4.69) is 17.2 Å². The number of nitrogens with two attached hydrogens (primary N) is 3. The van der Waals surface area contributed by atoms with Gasteiger partial charge < -0.3 is 47.6 Å². The molecule has 12 N–H and O–H groups in total. The molecule has 0 saturated carbocycles. The van der Waals surface area contributed by atoms with Gasteiger partial charge in [-0.3, -0.25) is 0 Å². The van der Waals surface area contributed by atoms with Crippen LogP contribution in [0, 0.1) is 0 Å². The summed E-state index contributed by atoms with van der Waals surface area (Å²) in [6.45, 7) is 4.50. The number of rotatable bonds is 0. The molecule has 102 valence electrons. The highest BCUT2D eigenvalue weighted by Crippen LogP contribution is 1.50. The van der Waals surface area contributed by atoms with E-state index in [1.807, 2.05) is 0 Å². The average Bonchev–Trinajstić information content (AvgIpc) is 1.76. The van der Waals surface area contributed by atoms with E-state index in [0.717, 1.165) is 0 Å². The Labute approximate surface area is 95.3 Å².